The third-order valence-corrected chi connectivity index (χ3v) is 8.84. The van der Waals surface area contributed by atoms with Crippen molar-refractivity contribution in [3.63, 3.8) is 0 Å². The highest BCUT2D eigenvalue weighted by molar-refractivity contribution is 5.69. The molecule has 2 rings (SSSR count). The number of ether oxygens (including phenoxy) is 3. The van der Waals surface area contributed by atoms with Gasteiger partial charge >= 0.3 is 5.97 Å². The Balaban J connectivity index is 1.77. The Kier molecular flexibility index (Phi) is 21.3. The highest BCUT2D eigenvalue weighted by atomic mass is 16.5. The van der Waals surface area contributed by atoms with Gasteiger partial charge in [0.15, 0.2) is 0 Å². The van der Waals surface area contributed by atoms with Gasteiger partial charge in [0.25, 0.3) is 0 Å². The summed E-state index contributed by atoms with van der Waals surface area (Å²) in [6.07, 6.45) is 20.6. The summed E-state index contributed by atoms with van der Waals surface area (Å²) in [6, 6.07) is 6.03. The normalized spacial score (nSPS) is 15.0. The van der Waals surface area contributed by atoms with E-state index >= 15 is 0 Å². The van der Waals surface area contributed by atoms with Gasteiger partial charge in [-0.1, -0.05) is 104 Å². The fraction of sp³-hybridized carbons (Fsp3) is 0.811. The van der Waals surface area contributed by atoms with Crippen LogP contribution in [0, 0.1) is 5.92 Å². The summed E-state index contributed by atoms with van der Waals surface area (Å²) in [5.41, 5.74) is 0.931. The first-order chi connectivity index (χ1) is 21.0. The highest BCUT2D eigenvalue weighted by Gasteiger charge is 2.14. The van der Waals surface area contributed by atoms with E-state index < -0.39 is 0 Å². The fourth-order valence-corrected chi connectivity index (χ4v) is 5.70. The molecule has 1 aliphatic heterocycles. The van der Waals surface area contributed by atoms with Crippen molar-refractivity contribution >= 4 is 5.97 Å². The number of carbonyl (C=O) groups is 1. The molecule has 6 nitrogen and oxygen atoms in total. The summed E-state index contributed by atoms with van der Waals surface area (Å²) >= 11 is 0. The zero-order chi connectivity index (χ0) is 31.0. The zero-order valence-electron chi connectivity index (χ0n) is 28.5. The summed E-state index contributed by atoms with van der Waals surface area (Å²) in [4.78, 5) is 17.3. The summed E-state index contributed by atoms with van der Waals surface area (Å²) in [5, 5.41) is 0. The lowest BCUT2D eigenvalue weighted by atomic mass is 10.0. The summed E-state index contributed by atoms with van der Waals surface area (Å²) in [5.74, 6) is 2.05. The minimum Gasteiger partial charge on any atom is -0.493 e. The van der Waals surface area contributed by atoms with E-state index in [1.807, 2.05) is 18.2 Å². The molecule has 0 N–H and O–H groups in total. The van der Waals surface area contributed by atoms with Crippen LogP contribution in [-0.4, -0.2) is 68.8 Å². The number of likely N-dealkylation sites (N-methyl/N-ethyl adjacent to an activating group) is 1. The molecule has 43 heavy (non-hydrogen) atoms. The minimum absolute atomic E-state index is 0.130. The molecule has 1 aromatic carbocycles. The quantitative estimate of drug-likeness (QED) is 0.0779. The van der Waals surface area contributed by atoms with Gasteiger partial charge in [-0.05, 0) is 56.5 Å². The van der Waals surface area contributed by atoms with Crippen LogP contribution in [-0.2, 0) is 16.1 Å². The summed E-state index contributed by atoms with van der Waals surface area (Å²) in [7, 11) is 2.17. The smallest absolute Gasteiger partial charge is 0.306 e. The van der Waals surface area contributed by atoms with Crippen LogP contribution in [0.3, 0.4) is 0 Å². The third kappa shape index (κ3) is 18.6. The lowest BCUT2D eigenvalue weighted by Crippen LogP contribution is -2.44. The number of piperazine rings is 1. The van der Waals surface area contributed by atoms with E-state index in [1.165, 1.54) is 83.5 Å². The molecule has 0 spiro atoms. The van der Waals surface area contributed by atoms with Crippen LogP contribution in [0.5, 0.6) is 11.5 Å². The van der Waals surface area contributed by atoms with Crippen LogP contribution in [0.2, 0.25) is 0 Å². The van der Waals surface area contributed by atoms with Crippen molar-refractivity contribution in [2.75, 3.05) is 53.0 Å². The van der Waals surface area contributed by atoms with Gasteiger partial charge in [-0.25, -0.2) is 0 Å². The van der Waals surface area contributed by atoms with Gasteiger partial charge in [0.1, 0.15) is 18.1 Å². The predicted octanol–water partition coefficient (Wildman–Crippen LogP) is 9.04. The second kappa shape index (κ2) is 24.5. The monoisotopic (exact) mass is 603 g/mol. The van der Waals surface area contributed by atoms with Gasteiger partial charge in [-0.3, -0.25) is 4.79 Å². The van der Waals surface area contributed by atoms with Crippen LogP contribution < -0.4 is 9.47 Å². The second-order valence-corrected chi connectivity index (χ2v) is 12.8. The SMILES string of the molecule is CCCCCCCCCCCCCOc1cc(COC(=O)CCCN2CCN(C)CC2)cc(OCC(CC)CCCC)c1. The number of hydrogen-bond acceptors (Lipinski definition) is 6. The Labute approximate surface area is 265 Å². The fourth-order valence-electron chi connectivity index (χ4n) is 5.70. The van der Waals surface area contributed by atoms with Gasteiger partial charge in [-0.2, -0.15) is 0 Å². The molecular weight excluding hydrogens is 536 g/mol. The van der Waals surface area contributed by atoms with Gasteiger partial charge in [0, 0.05) is 38.7 Å². The number of hydrogen-bond donors (Lipinski definition) is 0. The maximum atomic E-state index is 12.5. The van der Waals surface area contributed by atoms with Gasteiger partial charge < -0.3 is 24.0 Å². The molecule has 248 valence electrons. The van der Waals surface area contributed by atoms with E-state index in [0.29, 0.717) is 25.6 Å². The molecule has 0 saturated carbocycles. The van der Waals surface area contributed by atoms with Crippen molar-refractivity contribution in [1.82, 2.24) is 9.80 Å². The molecule has 1 unspecified atom stereocenters. The number of carbonyl (C=O) groups excluding carboxylic acids is 1. The molecule has 0 radical (unpaired) electrons. The highest BCUT2D eigenvalue weighted by Crippen LogP contribution is 2.26. The summed E-state index contributed by atoms with van der Waals surface area (Å²) < 4.78 is 18.1. The maximum absolute atomic E-state index is 12.5. The molecule has 6 heteroatoms. The number of esters is 1. The predicted molar refractivity (Wildman–Crippen MR) is 180 cm³/mol. The van der Waals surface area contributed by atoms with Crippen molar-refractivity contribution in [3.05, 3.63) is 23.8 Å². The van der Waals surface area contributed by atoms with Crippen LogP contribution in [0.25, 0.3) is 0 Å². The number of nitrogens with zero attached hydrogens (tertiary/aromatic N) is 2. The van der Waals surface area contributed by atoms with Crippen LogP contribution in [0.15, 0.2) is 18.2 Å². The van der Waals surface area contributed by atoms with Gasteiger partial charge in [0.2, 0.25) is 0 Å². The summed E-state index contributed by atoms with van der Waals surface area (Å²) in [6.45, 7) is 13.8. The van der Waals surface area contributed by atoms with Crippen molar-refractivity contribution < 1.29 is 19.0 Å². The van der Waals surface area contributed by atoms with E-state index in [0.717, 1.165) is 69.0 Å². The topological polar surface area (TPSA) is 51.2 Å². The molecule has 0 amide bonds. The number of unbranched alkanes of at least 4 members (excludes halogenated alkanes) is 11. The minimum atomic E-state index is -0.130. The van der Waals surface area contributed by atoms with Crippen molar-refractivity contribution in [2.45, 2.75) is 137 Å². The molecule has 1 heterocycles. The molecule has 0 bridgehead atoms. The number of benzene rings is 1. The Morgan fingerprint density at radius 2 is 1.35 bits per heavy atom. The van der Waals surface area contributed by atoms with E-state index in [2.05, 4.69) is 37.6 Å². The third-order valence-electron chi connectivity index (χ3n) is 8.84. The molecule has 0 aliphatic carbocycles. The maximum Gasteiger partial charge on any atom is 0.306 e. The second-order valence-electron chi connectivity index (χ2n) is 12.8. The van der Waals surface area contributed by atoms with E-state index in [4.69, 9.17) is 14.2 Å². The molecule has 1 saturated heterocycles. The standard InChI is InChI=1S/C37H66N2O4/c1-5-8-10-11-12-13-14-15-16-17-18-27-41-35-28-34(29-36(30-35)42-31-33(7-3)20-9-6-2)32-43-37(40)21-19-22-39-25-23-38(4)24-26-39/h28-30,33H,5-27,31-32H2,1-4H3. The Morgan fingerprint density at radius 1 is 0.744 bits per heavy atom. The van der Waals surface area contributed by atoms with E-state index in [9.17, 15) is 4.79 Å². The van der Waals surface area contributed by atoms with Crippen LogP contribution in [0.1, 0.15) is 135 Å². The Morgan fingerprint density at radius 3 is 1.98 bits per heavy atom. The molecule has 1 fully saturated rings. The van der Waals surface area contributed by atoms with Crippen molar-refractivity contribution in [1.29, 1.82) is 0 Å². The number of rotatable bonds is 26. The first-order valence-electron chi connectivity index (χ1n) is 18.0. The zero-order valence-corrected chi connectivity index (χ0v) is 28.5. The van der Waals surface area contributed by atoms with E-state index in [-0.39, 0.29) is 12.6 Å². The van der Waals surface area contributed by atoms with E-state index in [1.54, 1.807) is 0 Å². The molecule has 1 aromatic rings. The Hall–Kier alpha value is -1.79. The average Bonchev–Trinajstić information content (AvgIpc) is 3.01. The van der Waals surface area contributed by atoms with Crippen LogP contribution >= 0.6 is 0 Å². The van der Waals surface area contributed by atoms with Gasteiger partial charge in [0.05, 0.1) is 13.2 Å². The largest absolute Gasteiger partial charge is 0.493 e. The van der Waals surface area contributed by atoms with Crippen molar-refractivity contribution in [3.8, 4) is 11.5 Å². The van der Waals surface area contributed by atoms with Gasteiger partial charge in [-0.15, -0.1) is 0 Å². The molecule has 0 aromatic heterocycles. The Bertz CT molecular complexity index is 825. The molecular formula is C37H66N2O4. The first-order valence-corrected chi connectivity index (χ1v) is 18.0. The lowest BCUT2D eigenvalue weighted by molar-refractivity contribution is -0.145. The van der Waals surface area contributed by atoms with Crippen LogP contribution in [0.4, 0.5) is 0 Å². The lowest BCUT2D eigenvalue weighted by Gasteiger charge is -2.32. The average molecular weight is 603 g/mol. The first kappa shape index (κ1) is 37.4. The molecule has 1 atom stereocenters. The van der Waals surface area contributed by atoms with Crippen molar-refractivity contribution in [2.24, 2.45) is 5.92 Å². The molecule has 1 aliphatic rings.